The smallest absolute Gasteiger partial charge is 0.411 e. The zero-order chi connectivity index (χ0) is 25.3. The molecule has 0 aliphatic carbocycles. The second-order valence-corrected chi connectivity index (χ2v) is 9.68. The first-order chi connectivity index (χ1) is 17.6. The van der Waals surface area contributed by atoms with Gasteiger partial charge in [-0.3, -0.25) is 5.32 Å². The van der Waals surface area contributed by atoms with Crippen LogP contribution in [0, 0.1) is 5.92 Å². The van der Waals surface area contributed by atoms with E-state index in [0.29, 0.717) is 5.69 Å². The van der Waals surface area contributed by atoms with Crippen LogP contribution in [0.25, 0.3) is 0 Å². The summed E-state index contributed by atoms with van der Waals surface area (Å²) in [5, 5.41) is 12.2. The van der Waals surface area contributed by atoms with Crippen molar-refractivity contribution in [3.05, 3.63) is 108 Å². The highest BCUT2D eigenvalue weighted by molar-refractivity contribution is 7.99. The van der Waals surface area contributed by atoms with Gasteiger partial charge in [0.25, 0.3) is 0 Å². The maximum absolute atomic E-state index is 12.0. The largest absolute Gasteiger partial charge is 0.445 e. The van der Waals surface area contributed by atoms with Crippen LogP contribution in [-0.4, -0.2) is 29.7 Å². The number of hydrogen-bond acceptors (Lipinski definition) is 6. The summed E-state index contributed by atoms with van der Waals surface area (Å²) in [7, 11) is 0. The molecule has 2 N–H and O–H groups in total. The highest BCUT2D eigenvalue weighted by Crippen LogP contribution is 2.43. The fraction of sp³-hybridized carbons (Fsp3) is 0.276. The third-order valence-corrected chi connectivity index (χ3v) is 7.12. The molecule has 3 aromatic carbocycles. The van der Waals surface area contributed by atoms with E-state index in [2.05, 4.69) is 31.0 Å². The Morgan fingerprint density at radius 2 is 1.83 bits per heavy atom. The molecule has 0 aromatic heterocycles. The number of hydrogen-bond donors (Lipinski definition) is 2. The van der Waals surface area contributed by atoms with Gasteiger partial charge in [0.2, 0.25) is 0 Å². The van der Waals surface area contributed by atoms with Gasteiger partial charge in [-0.15, -0.1) is 11.8 Å². The third-order valence-electron chi connectivity index (χ3n) is 6.02. The molecule has 4 atom stereocenters. The van der Waals surface area contributed by atoms with Crippen LogP contribution >= 0.6 is 11.8 Å². The number of nitrogens with one attached hydrogen (secondary N) is 1. The molecule has 1 aliphatic heterocycles. The Bertz CT molecular complexity index is 1140. The van der Waals surface area contributed by atoms with E-state index in [1.807, 2.05) is 60.7 Å². The Balaban J connectivity index is 1.56. The molecule has 6 nitrogen and oxygen atoms in total. The average molecular weight is 506 g/mol. The lowest BCUT2D eigenvalue weighted by Gasteiger charge is -2.41. The summed E-state index contributed by atoms with van der Waals surface area (Å²) < 4.78 is 18.0. The van der Waals surface area contributed by atoms with Crippen LogP contribution in [-0.2, 0) is 20.8 Å². The zero-order valence-electron chi connectivity index (χ0n) is 20.2. The minimum absolute atomic E-state index is 0.00153. The molecule has 7 heteroatoms. The monoisotopic (exact) mass is 505 g/mol. The fourth-order valence-corrected chi connectivity index (χ4v) is 5.14. The molecule has 1 heterocycles. The first-order valence-electron chi connectivity index (χ1n) is 11.9. The van der Waals surface area contributed by atoms with Crippen molar-refractivity contribution in [2.75, 3.05) is 17.7 Å². The first kappa shape index (κ1) is 26.0. The standard InChI is InChI=1S/C29H31NO5S/c1-3-16-33-29(32)30-24-9-7-8-23(17-24)28-34-26(19-36-25-10-5-4-6-11-25)20(2)27(35-28)22-14-12-21(18-31)13-15-22/h3-15,17,20,26-28,31H,1,16,18-19H2,2H3,(H,30,32). The minimum Gasteiger partial charge on any atom is -0.445 e. The van der Waals surface area contributed by atoms with E-state index in [1.54, 1.807) is 17.8 Å². The van der Waals surface area contributed by atoms with Crippen LogP contribution in [0.2, 0.25) is 0 Å². The number of anilines is 1. The molecule has 3 aromatic rings. The van der Waals surface area contributed by atoms with Crippen LogP contribution in [0.4, 0.5) is 10.5 Å². The molecule has 0 radical (unpaired) electrons. The topological polar surface area (TPSA) is 77.0 Å². The van der Waals surface area contributed by atoms with Gasteiger partial charge < -0.3 is 19.3 Å². The highest BCUT2D eigenvalue weighted by atomic mass is 32.2. The van der Waals surface area contributed by atoms with Crippen LogP contribution in [0.3, 0.4) is 0 Å². The van der Waals surface area contributed by atoms with Crippen LogP contribution in [0.5, 0.6) is 0 Å². The molecule has 1 amide bonds. The van der Waals surface area contributed by atoms with Crippen LogP contribution in [0.15, 0.2) is 96.4 Å². The number of carbonyl (C=O) groups excluding carboxylic acids is 1. The van der Waals surface area contributed by atoms with E-state index in [-0.39, 0.29) is 31.3 Å². The van der Waals surface area contributed by atoms with Crippen LogP contribution < -0.4 is 5.32 Å². The van der Waals surface area contributed by atoms with E-state index in [1.165, 1.54) is 11.0 Å². The minimum atomic E-state index is -0.615. The molecule has 0 spiro atoms. The number of benzene rings is 3. The van der Waals surface area contributed by atoms with E-state index in [4.69, 9.17) is 14.2 Å². The lowest BCUT2D eigenvalue weighted by Crippen LogP contribution is -2.38. The fourth-order valence-electron chi connectivity index (χ4n) is 4.06. The Hall–Kier alpha value is -3.10. The van der Waals surface area contributed by atoms with Gasteiger partial charge >= 0.3 is 6.09 Å². The van der Waals surface area contributed by atoms with Gasteiger partial charge in [-0.25, -0.2) is 4.79 Å². The Labute approximate surface area is 216 Å². The maximum Gasteiger partial charge on any atom is 0.411 e. The number of rotatable bonds is 9. The highest BCUT2D eigenvalue weighted by Gasteiger charge is 2.38. The first-order valence-corrected chi connectivity index (χ1v) is 12.9. The van der Waals surface area contributed by atoms with Crippen molar-refractivity contribution in [2.45, 2.75) is 36.9 Å². The van der Waals surface area contributed by atoms with E-state index in [9.17, 15) is 9.90 Å². The summed E-state index contributed by atoms with van der Waals surface area (Å²) in [4.78, 5) is 13.2. The molecule has 4 rings (SSSR count). The summed E-state index contributed by atoms with van der Waals surface area (Å²) in [6, 6.07) is 25.5. The van der Waals surface area contributed by atoms with Crippen molar-refractivity contribution in [3.63, 3.8) is 0 Å². The van der Waals surface area contributed by atoms with Crippen molar-refractivity contribution in [1.82, 2.24) is 0 Å². The molecular formula is C29H31NO5S. The van der Waals surface area contributed by atoms with Crippen molar-refractivity contribution in [2.24, 2.45) is 5.92 Å². The number of aliphatic hydroxyl groups is 1. The lowest BCUT2D eigenvalue weighted by atomic mass is 9.91. The average Bonchev–Trinajstić information content (AvgIpc) is 2.92. The second kappa shape index (κ2) is 12.7. The molecule has 0 bridgehead atoms. The predicted octanol–water partition coefficient (Wildman–Crippen LogP) is 6.50. The van der Waals surface area contributed by atoms with Crippen LogP contribution in [0.1, 0.15) is 36.0 Å². The summed E-state index contributed by atoms with van der Waals surface area (Å²) in [6.07, 6.45) is 0.0701. The molecule has 188 valence electrons. The summed E-state index contributed by atoms with van der Waals surface area (Å²) in [5.74, 6) is 0.856. The van der Waals surface area contributed by atoms with Gasteiger partial charge in [0.05, 0.1) is 18.8 Å². The van der Waals surface area contributed by atoms with E-state index in [0.717, 1.165) is 22.4 Å². The number of thioether (sulfide) groups is 1. The quantitative estimate of drug-likeness (QED) is 0.255. The molecule has 36 heavy (non-hydrogen) atoms. The van der Waals surface area contributed by atoms with Gasteiger partial charge in [-0.2, -0.15) is 0 Å². The van der Waals surface area contributed by atoms with Crippen molar-refractivity contribution < 1.29 is 24.1 Å². The van der Waals surface area contributed by atoms with Crippen molar-refractivity contribution >= 4 is 23.5 Å². The molecular weight excluding hydrogens is 474 g/mol. The van der Waals surface area contributed by atoms with Crippen molar-refractivity contribution in [3.8, 4) is 0 Å². The van der Waals surface area contributed by atoms with Gasteiger partial charge in [-0.05, 0) is 35.4 Å². The molecule has 4 unspecified atom stereocenters. The van der Waals surface area contributed by atoms with Gasteiger partial charge in [0.15, 0.2) is 6.29 Å². The Kier molecular flexibility index (Phi) is 9.19. The van der Waals surface area contributed by atoms with Gasteiger partial charge in [0, 0.05) is 27.8 Å². The Morgan fingerprint density at radius 3 is 2.56 bits per heavy atom. The second-order valence-electron chi connectivity index (χ2n) is 8.58. The lowest BCUT2D eigenvalue weighted by molar-refractivity contribution is -0.268. The number of ether oxygens (including phenoxy) is 3. The summed E-state index contributed by atoms with van der Waals surface area (Å²) in [6.45, 7) is 5.83. The normalized spacial score (nSPS) is 21.5. The number of carbonyl (C=O) groups is 1. The molecule has 1 aliphatic rings. The summed E-state index contributed by atoms with van der Waals surface area (Å²) in [5.41, 5.74) is 3.28. The SMILES string of the molecule is C=CCOC(=O)Nc1cccc(C2OC(CSc3ccccc3)C(C)C(c3ccc(CO)cc3)O2)c1. The summed E-state index contributed by atoms with van der Waals surface area (Å²) >= 11 is 1.76. The third kappa shape index (κ3) is 6.77. The predicted molar refractivity (Wildman–Crippen MR) is 142 cm³/mol. The Morgan fingerprint density at radius 1 is 1.06 bits per heavy atom. The van der Waals surface area contributed by atoms with E-state index >= 15 is 0 Å². The zero-order valence-corrected chi connectivity index (χ0v) is 21.0. The van der Waals surface area contributed by atoms with Gasteiger partial charge in [-0.1, -0.05) is 74.2 Å². The molecule has 1 fully saturated rings. The molecule has 0 saturated carbocycles. The van der Waals surface area contributed by atoms with Crippen molar-refractivity contribution in [1.29, 1.82) is 0 Å². The molecule has 1 saturated heterocycles. The maximum atomic E-state index is 12.0. The number of aliphatic hydroxyl groups excluding tert-OH is 1. The number of amides is 1. The van der Waals surface area contributed by atoms with Gasteiger partial charge in [0.1, 0.15) is 6.61 Å². The van der Waals surface area contributed by atoms with E-state index < -0.39 is 12.4 Å².